The molecule has 0 bridgehead atoms. The number of nitrogens with zero attached hydrogens (tertiary/aromatic N) is 2. The number of para-hydroxylation sites is 2. The molecule has 21 heavy (non-hydrogen) atoms. The van der Waals surface area contributed by atoms with Gasteiger partial charge in [-0.25, -0.2) is 4.98 Å². The lowest BCUT2D eigenvalue weighted by molar-refractivity contribution is -0.124. The molecule has 0 radical (unpaired) electrons. The van der Waals surface area contributed by atoms with E-state index in [1.807, 2.05) is 49.6 Å². The number of nitrogens with one attached hydrogen (secondary N) is 1. The maximum atomic E-state index is 12.2. The second-order valence-electron chi connectivity index (χ2n) is 5.85. The lowest BCUT2D eigenvalue weighted by Gasteiger charge is -2.17. The van der Waals surface area contributed by atoms with Gasteiger partial charge >= 0.3 is 0 Å². The molecule has 2 rings (SSSR count). The van der Waals surface area contributed by atoms with Crippen LogP contribution < -0.4 is 5.32 Å². The van der Waals surface area contributed by atoms with Crippen LogP contribution in [0.5, 0.6) is 0 Å². The second-order valence-corrected chi connectivity index (χ2v) is 5.85. The molecule has 1 amide bonds. The summed E-state index contributed by atoms with van der Waals surface area (Å²) < 4.78 is 1.85. The van der Waals surface area contributed by atoms with Gasteiger partial charge < -0.3 is 15.0 Å². The van der Waals surface area contributed by atoms with Crippen molar-refractivity contribution in [2.45, 2.75) is 39.3 Å². The molecule has 2 atom stereocenters. The van der Waals surface area contributed by atoms with Gasteiger partial charge in [-0.2, -0.15) is 0 Å². The molecule has 0 aliphatic heterocycles. The summed E-state index contributed by atoms with van der Waals surface area (Å²) in [5.74, 6) is 0.299. The van der Waals surface area contributed by atoms with Crippen molar-refractivity contribution >= 4 is 16.9 Å². The molecule has 2 unspecified atom stereocenters. The van der Waals surface area contributed by atoms with Crippen LogP contribution in [0.4, 0.5) is 0 Å². The summed E-state index contributed by atoms with van der Waals surface area (Å²) >= 11 is 0. The number of rotatable bonds is 6. The predicted molar refractivity (Wildman–Crippen MR) is 82.9 cm³/mol. The van der Waals surface area contributed by atoms with E-state index in [2.05, 4.69) is 10.3 Å². The van der Waals surface area contributed by atoms with E-state index in [0.717, 1.165) is 11.0 Å². The minimum atomic E-state index is -0.499. The number of imidazole rings is 1. The number of aliphatic hydroxyl groups is 1. The number of carbonyl (C=O) groups is 1. The topological polar surface area (TPSA) is 67.2 Å². The van der Waals surface area contributed by atoms with Gasteiger partial charge in [0.1, 0.15) is 6.04 Å². The third kappa shape index (κ3) is 3.82. The Hall–Kier alpha value is -1.88. The quantitative estimate of drug-likeness (QED) is 0.856. The smallest absolute Gasteiger partial charge is 0.242 e. The molecular weight excluding hydrogens is 266 g/mol. The van der Waals surface area contributed by atoms with Crippen molar-refractivity contribution in [3.05, 3.63) is 30.6 Å². The van der Waals surface area contributed by atoms with Gasteiger partial charge in [0.15, 0.2) is 0 Å². The van der Waals surface area contributed by atoms with Gasteiger partial charge in [0.2, 0.25) is 5.91 Å². The van der Waals surface area contributed by atoms with Crippen molar-refractivity contribution in [2.24, 2.45) is 5.92 Å². The number of hydrogen-bond donors (Lipinski definition) is 2. The van der Waals surface area contributed by atoms with E-state index < -0.39 is 6.10 Å². The van der Waals surface area contributed by atoms with Crippen molar-refractivity contribution in [1.82, 2.24) is 14.9 Å². The third-order valence-corrected chi connectivity index (χ3v) is 3.53. The van der Waals surface area contributed by atoms with Crippen LogP contribution in [0.1, 0.15) is 33.2 Å². The van der Waals surface area contributed by atoms with E-state index in [1.54, 1.807) is 6.33 Å². The average Bonchev–Trinajstić information content (AvgIpc) is 2.87. The molecule has 0 spiro atoms. The molecule has 1 aromatic heterocycles. The van der Waals surface area contributed by atoms with E-state index in [0.29, 0.717) is 12.3 Å². The Morgan fingerprint density at radius 3 is 2.76 bits per heavy atom. The van der Waals surface area contributed by atoms with Crippen LogP contribution in [0.2, 0.25) is 0 Å². The summed E-state index contributed by atoms with van der Waals surface area (Å²) in [6.07, 6.45) is 1.86. The summed E-state index contributed by atoms with van der Waals surface area (Å²) in [5, 5.41) is 12.6. The first-order chi connectivity index (χ1) is 9.99. The molecule has 1 aromatic carbocycles. The molecule has 0 saturated heterocycles. The molecule has 114 valence electrons. The van der Waals surface area contributed by atoms with Crippen LogP contribution in [0.3, 0.4) is 0 Å². The highest BCUT2D eigenvalue weighted by molar-refractivity contribution is 5.83. The van der Waals surface area contributed by atoms with Crippen molar-refractivity contribution in [2.75, 3.05) is 6.54 Å². The third-order valence-electron chi connectivity index (χ3n) is 3.53. The Morgan fingerprint density at radius 2 is 2.05 bits per heavy atom. The van der Waals surface area contributed by atoms with Crippen molar-refractivity contribution in [3.8, 4) is 0 Å². The number of benzene rings is 1. The van der Waals surface area contributed by atoms with Gasteiger partial charge in [-0.3, -0.25) is 4.79 Å². The van der Waals surface area contributed by atoms with Crippen LogP contribution in [0.25, 0.3) is 11.0 Å². The van der Waals surface area contributed by atoms with Crippen LogP contribution in [0, 0.1) is 5.92 Å². The summed E-state index contributed by atoms with van der Waals surface area (Å²) in [5.41, 5.74) is 1.81. The first-order valence-corrected chi connectivity index (χ1v) is 7.36. The zero-order valence-corrected chi connectivity index (χ0v) is 12.8. The van der Waals surface area contributed by atoms with Gasteiger partial charge in [0.05, 0.1) is 23.5 Å². The zero-order chi connectivity index (χ0) is 15.4. The van der Waals surface area contributed by atoms with Crippen LogP contribution in [-0.4, -0.2) is 33.2 Å². The van der Waals surface area contributed by atoms with Crippen molar-refractivity contribution in [1.29, 1.82) is 0 Å². The number of amides is 1. The number of fused-ring (bicyclic) bond motifs is 1. The SMILES string of the molecule is CC(C)CC(O)CNC(=O)C(C)n1cnc2ccccc21. The van der Waals surface area contributed by atoms with E-state index in [9.17, 15) is 9.90 Å². The number of hydrogen-bond acceptors (Lipinski definition) is 3. The fourth-order valence-corrected chi connectivity index (χ4v) is 2.41. The second kappa shape index (κ2) is 6.72. The molecule has 0 aliphatic rings. The highest BCUT2D eigenvalue weighted by Crippen LogP contribution is 2.17. The predicted octanol–water partition coefficient (Wildman–Crippen LogP) is 2.12. The molecule has 1 heterocycles. The number of aromatic nitrogens is 2. The van der Waals surface area contributed by atoms with E-state index in [4.69, 9.17) is 0 Å². The van der Waals surface area contributed by atoms with Crippen molar-refractivity contribution in [3.63, 3.8) is 0 Å². The standard InChI is InChI=1S/C16H23N3O2/c1-11(2)8-13(20)9-17-16(21)12(3)19-10-18-14-6-4-5-7-15(14)19/h4-7,10-13,20H,8-9H2,1-3H3,(H,17,21). The normalized spacial score (nSPS) is 14.3. The molecule has 0 aliphatic carbocycles. The van der Waals surface area contributed by atoms with E-state index in [-0.39, 0.29) is 18.5 Å². The first-order valence-electron chi connectivity index (χ1n) is 7.36. The highest BCUT2D eigenvalue weighted by Gasteiger charge is 2.18. The Kier molecular flexibility index (Phi) is 4.96. The van der Waals surface area contributed by atoms with Crippen LogP contribution >= 0.6 is 0 Å². The fourth-order valence-electron chi connectivity index (χ4n) is 2.41. The summed E-state index contributed by atoms with van der Waals surface area (Å²) in [6, 6.07) is 7.36. The van der Waals surface area contributed by atoms with E-state index >= 15 is 0 Å². The summed E-state index contributed by atoms with van der Waals surface area (Å²) in [6.45, 7) is 6.21. The molecule has 0 fully saturated rings. The van der Waals surface area contributed by atoms with E-state index in [1.165, 1.54) is 0 Å². The Balaban J connectivity index is 1.99. The van der Waals surface area contributed by atoms with Crippen molar-refractivity contribution < 1.29 is 9.90 Å². The average molecular weight is 289 g/mol. The van der Waals surface area contributed by atoms with Gasteiger partial charge in [0, 0.05) is 6.54 Å². The number of carbonyl (C=O) groups excluding carboxylic acids is 1. The Bertz CT molecular complexity index is 606. The van der Waals surface area contributed by atoms with Gasteiger partial charge in [-0.1, -0.05) is 26.0 Å². The number of aliphatic hydroxyl groups excluding tert-OH is 1. The van der Waals surface area contributed by atoms with Crippen LogP contribution in [0.15, 0.2) is 30.6 Å². The molecule has 5 nitrogen and oxygen atoms in total. The molecule has 0 saturated carbocycles. The largest absolute Gasteiger partial charge is 0.391 e. The molecular formula is C16H23N3O2. The zero-order valence-electron chi connectivity index (χ0n) is 12.8. The monoisotopic (exact) mass is 289 g/mol. The maximum absolute atomic E-state index is 12.2. The summed E-state index contributed by atoms with van der Waals surface area (Å²) in [7, 11) is 0. The Labute approximate surface area is 125 Å². The fraction of sp³-hybridized carbons (Fsp3) is 0.500. The van der Waals surface area contributed by atoms with Gasteiger partial charge in [-0.15, -0.1) is 0 Å². The minimum absolute atomic E-state index is 0.110. The van der Waals surface area contributed by atoms with Crippen LogP contribution in [-0.2, 0) is 4.79 Å². The molecule has 2 N–H and O–H groups in total. The molecule has 5 heteroatoms. The summed E-state index contributed by atoms with van der Waals surface area (Å²) in [4.78, 5) is 16.5. The minimum Gasteiger partial charge on any atom is -0.391 e. The Morgan fingerprint density at radius 1 is 1.33 bits per heavy atom. The first kappa shape index (κ1) is 15.5. The lowest BCUT2D eigenvalue weighted by atomic mass is 10.1. The highest BCUT2D eigenvalue weighted by atomic mass is 16.3. The molecule has 2 aromatic rings. The van der Waals surface area contributed by atoms with Gasteiger partial charge in [-0.05, 0) is 31.4 Å². The maximum Gasteiger partial charge on any atom is 0.242 e. The van der Waals surface area contributed by atoms with Gasteiger partial charge in [0.25, 0.3) is 0 Å². The lowest BCUT2D eigenvalue weighted by Crippen LogP contribution is -2.36.